The molecule has 5 rings (SSSR count). The average Bonchev–Trinajstić information content (AvgIpc) is 2.92. The third kappa shape index (κ3) is 5.56. The van der Waals surface area contributed by atoms with Gasteiger partial charge in [0.15, 0.2) is 11.5 Å². The van der Waals surface area contributed by atoms with Crippen molar-refractivity contribution in [3.8, 4) is 23.0 Å². The summed E-state index contributed by atoms with van der Waals surface area (Å²) in [6.45, 7) is 0.977. The number of hydrogen-bond donors (Lipinski definition) is 1. The summed E-state index contributed by atoms with van der Waals surface area (Å²) in [5, 5.41) is 6.27. The van der Waals surface area contributed by atoms with Crippen LogP contribution in [0.4, 0.5) is 5.69 Å². The number of ether oxygens (including phenoxy) is 3. The topological polar surface area (TPSA) is 39.7 Å². The molecule has 0 amide bonds. The quantitative estimate of drug-likeness (QED) is 0.222. The van der Waals surface area contributed by atoms with Crippen LogP contribution in [0.25, 0.3) is 10.8 Å². The Morgan fingerprint density at radius 3 is 2.28 bits per heavy atom. The first-order valence-electron chi connectivity index (χ1n) is 11.7. The van der Waals surface area contributed by atoms with Crippen molar-refractivity contribution in [2.24, 2.45) is 0 Å². The summed E-state index contributed by atoms with van der Waals surface area (Å²) in [6.07, 6.45) is 0. The highest BCUT2D eigenvalue weighted by atomic mass is 35.5. The van der Waals surface area contributed by atoms with E-state index >= 15 is 0 Å². The lowest BCUT2D eigenvalue weighted by Crippen LogP contribution is -2.03. The maximum absolute atomic E-state index is 6.63. The van der Waals surface area contributed by atoms with Crippen LogP contribution in [0.3, 0.4) is 0 Å². The van der Waals surface area contributed by atoms with Crippen molar-refractivity contribution in [2.75, 3.05) is 12.4 Å². The number of fused-ring (bicyclic) bond motifs is 1. The van der Waals surface area contributed by atoms with Gasteiger partial charge in [-0.15, -0.1) is 0 Å². The number of para-hydroxylation sites is 1. The van der Waals surface area contributed by atoms with Crippen LogP contribution in [0.1, 0.15) is 11.1 Å². The second kappa shape index (κ2) is 11.1. The number of halogens is 1. The van der Waals surface area contributed by atoms with Crippen LogP contribution in [-0.2, 0) is 13.2 Å². The van der Waals surface area contributed by atoms with Crippen molar-refractivity contribution in [1.29, 1.82) is 0 Å². The Morgan fingerprint density at radius 1 is 0.750 bits per heavy atom. The maximum Gasteiger partial charge on any atom is 0.180 e. The third-order valence-electron chi connectivity index (χ3n) is 5.87. The van der Waals surface area contributed by atoms with Crippen LogP contribution in [-0.4, -0.2) is 7.11 Å². The highest BCUT2D eigenvalue weighted by Gasteiger charge is 2.13. The van der Waals surface area contributed by atoms with Gasteiger partial charge in [-0.1, -0.05) is 72.3 Å². The summed E-state index contributed by atoms with van der Waals surface area (Å²) in [4.78, 5) is 0. The van der Waals surface area contributed by atoms with E-state index in [4.69, 9.17) is 25.8 Å². The molecule has 5 aromatic carbocycles. The summed E-state index contributed by atoms with van der Waals surface area (Å²) in [5.41, 5.74) is 3.05. The van der Waals surface area contributed by atoms with Crippen molar-refractivity contribution in [2.45, 2.75) is 13.2 Å². The average molecular weight is 496 g/mol. The molecule has 0 heterocycles. The second-order valence-electron chi connectivity index (χ2n) is 8.33. The van der Waals surface area contributed by atoms with Crippen LogP contribution in [0.15, 0.2) is 109 Å². The molecule has 0 atom stereocenters. The molecule has 0 fully saturated rings. The van der Waals surface area contributed by atoms with Crippen molar-refractivity contribution in [3.05, 3.63) is 125 Å². The van der Waals surface area contributed by atoms with Gasteiger partial charge in [-0.05, 0) is 70.4 Å². The maximum atomic E-state index is 6.63. The highest BCUT2D eigenvalue weighted by Crippen LogP contribution is 2.37. The van der Waals surface area contributed by atoms with Gasteiger partial charge in [-0.3, -0.25) is 0 Å². The lowest BCUT2D eigenvalue weighted by atomic mass is 10.1. The molecular weight excluding hydrogens is 470 g/mol. The lowest BCUT2D eigenvalue weighted by Gasteiger charge is -2.16. The number of benzene rings is 5. The number of nitrogens with one attached hydrogen (secondary N) is 1. The minimum atomic E-state index is 0.395. The standard InChI is InChI=1S/C31H26ClNO3/c1-34-30-19-22(20-33-25-14-16-27(17-15-25)36-26-11-3-2-4-12-26)18-29(32)31(30)35-21-24-10-7-9-23-8-5-6-13-28(23)24/h2-19,33H,20-21H2,1H3. The Kier molecular flexibility index (Phi) is 7.25. The summed E-state index contributed by atoms with van der Waals surface area (Å²) in [6, 6.07) is 35.9. The predicted octanol–water partition coefficient (Wildman–Crippen LogP) is 8.49. The molecular formula is C31H26ClNO3. The van der Waals surface area contributed by atoms with Gasteiger partial charge in [0.05, 0.1) is 12.1 Å². The van der Waals surface area contributed by atoms with Crippen LogP contribution >= 0.6 is 11.6 Å². The monoisotopic (exact) mass is 495 g/mol. The molecule has 0 spiro atoms. The number of methoxy groups -OCH3 is 1. The molecule has 180 valence electrons. The fourth-order valence-corrected chi connectivity index (χ4v) is 4.34. The van der Waals surface area contributed by atoms with Gasteiger partial charge in [0.1, 0.15) is 18.1 Å². The molecule has 0 aromatic heterocycles. The molecule has 0 unspecified atom stereocenters. The van der Waals surface area contributed by atoms with Crippen LogP contribution in [0, 0.1) is 0 Å². The van der Waals surface area contributed by atoms with Gasteiger partial charge in [-0.25, -0.2) is 0 Å². The Hall–Kier alpha value is -4.15. The number of rotatable bonds is 9. The molecule has 0 aliphatic rings. The number of hydrogen-bond acceptors (Lipinski definition) is 4. The zero-order valence-corrected chi connectivity index (χ0v) is 20.7. The van der Waals surface area contributed by atoms with Gasteiger partial charge >= 0.3 is 0 Å². The Bertz CT molecular complexity index is 1450. The predicted molar refractivity (Wildman–Crippen MR) is 147 cm³/mol. The van der Waals surface area contributed by atoms with E-state index in [1.165, 1.54) is 5.39 Å². The fraction of sp³-hybridized carbons (Fsp3) is 0.0968. The first-order valence-corrected chi connectivity index (χ1v) is 12.1. The molecule has 0 bridgehead atoms. The number of anilines is 1. The van der Waals surface area contributed by atoms with Gasteiger partial charge in [-0.2, -0.15) is 0 Å². The Morgan fingerprint density at radius 2 is 1.47 bits per heavy atom. The Balaban J connectivity index is 1.24. The van der Waals surface area contributed by atoms with E-state index in [0.29, 0.717) is 29.7 Å². The van der Waals surface area contributed by atoms with E-state index in [2.05, 4.69) is 29.6 Å². The Labute approximate surface area is 216 Å². The van der Waals surface area contributed by atoms with Crippen LogP contribution < -0.4 is 19.5 Å². The van der Waals surface area contributed by atoms with Crippen LogP contribution in [0.5, 0.6) is 23.0 Å². The van der Waals surface area contributed by atoms with E-state index < -0.39 is 0 Å². The minimum absolute atomic E-state index is 0.395. The van der Waals surface area contributed by atoms with Crippen molar-refractivity contribution < 1.29 is 14.2 Å². The van der Waals surface area contributed by atoms with Gasteiger partial charge in [0, 0.05) is 12.2 Å². The molecule has 5 heteroatoms. The van der Waals surface area contributed by atoms with E-state index in [9.17, 15) is 0 Å². The largest absolute Gasteiger partial charge is 0.493 e. The zero-order chi connectivity index (χ0) is 24.7. The summed E-state index contributed by atoms with van der Waals surface area (Å²) >= 11 is 6.63. The van der Waals surface area contributed by atoms with Gasteiger partial charge < -0.3 is 19.5 Å². The van der Waals surface area contributed by atoms with Crippen molar-refractivity contribution >= 4 is 28.1 Å². The molecule has 36 heavy (non-hydrogen) atoms. The highest BCUT2D eigenvalue weighted by molar-refractivity contribution is 6.32. The molecule has 0 aliphatic carbocycles. The zero-order valence-electron chi connectivity index (χ0n) is 19.9. The van der Waals surface area contributed by atoms with E-state index in [1.807, 2.05) is 84.9 Å². The van der Waals surface area contributed by atoms with Crippen molar-refractivity contribution in [3.63, 3.8) is 0 Å². The molecule has 0 saturated carbocycles. The van der Waals surface area contributed by atoms with Crippen LogP contribution in [0.2, 0.25) is 5.02 Å². The molecule has 5 aromatic rings. The first-order chi connectivity index (χ1) is 17.7. The third-order valence-corrected chi connectivity index (χ3v) is 6.15. The molecule has 0 saturated heterocycles. The SMILES string of the molecule is COc1cc(CNc2ccc(Oc3ccccc3)cc2)cc(Cl)c1OCc1cccc2ccccc12. The molecule has 0 radical (unpaired) electrons. The smallest absolute Gasteiger partial charge is 0.180 e. The van der Waals surface area contributed by atoms with Gasteiger partial charge in [0.25, 0.3) is 0 Å². The molecule has 0 aliphatic heterocycles. The summed E-state index contributed by atoms with van der Waals surface area (Å²) in [7, 11) is 1.62. The van der Waals surface area contributed by atoms with Crippen molar-refractivity contribution in [1.82, 2.24) is 0 Å². The van der Waals surface area contributed by atoms with E-state index in [1.54, 1.807) is 7.11 Å². The normalized spacial score (nSPS) is 10.7. The summed E-state index contributed by atoms with van der Waals surface area (Å²) in [5.74, 6) is 2.73. The van der Waals surface area contributed by atoms with E-state index in [-0.39, 0.29) is 0 Å². The lowest BCUT2D eigenvalue weighted by molar-refractivity contribution is 0.285. The minimum Gasteiger partial charge on any atom is -0.493 e. The molecule has 1 N–H and O–H groups in total. The first kappa shape index (κ1) is 23.6. The fourth-order valence-electron chi connectivity index (χ4n) is 4.05. The van der Waals surface area contributed by atoms with E-state index in [0.717, 1.165) is 33.7 Å². The summed E-state index contributed by atoms with van der Waals surface area (Å²) < 4.78 is 17.6. The van der Waals surface area contributed by atoms with Gasteiger partial charge in [0.2, 0.25) is 0 Å². The molecule has 4 nitrogen and oxygen atoms in total. The second-order valence-corrected chi connectivity index (χ2v) is 8.74.